The van der Waals surface area contributed by atoms with E-state index in [-0.39, 0.29) is 11.4 Å². The van der Waals surface area contributed by atoms with Gasteiger partial charge in [0.25, 0.3) is 0 Å². The summed E-state index contributed by atoms with van der Waals surface area (Å²) in [6.45, 7) is 5.06. The number of benzene rings is 1. The molecule has 1 heterocycles. The Bertz CT molecular complexity index is 450. The molecule has 19 heavy (non-hydrogen) atoms. The lowest BCUT2D eigenvalue weighted by atomic mass is 10.3. The quantitative estimate of drug-likeness (QED) is 0.656. The lowest BCUT2D eigenvalue weighted by Crippen LogP contribution is -2.44. The third kappa shape index (κ3) is 4.05. The van der Waals surface area contributed by atoms with Gasteiger partial charge in [0, 0.05) is 49.9 Å². The van der Waals surface area contributed by atoms with Crippen molar-refractivity contribution in [3.05, 3.63) is 33.3 Å². The van der Waals surface area contributed by atoms with E-state index in [9.17, 15) is 10.1 Å². The molecule has 0 spiro atoms. The highest BCUT2D eigenvalue weighted by Gasteiger charge is 2.16. The van der Waals surface area contributed by atoms with Gasteiger partial charge in [-0.05, 0) is 6.07 Å². The van der Waals surface area contributed by atoms with Crippen molar-refractivity contribution >= 4 is 17.3 Å². The first-order valence-corrected chi connectivity index (χ1v) is 6.54. The summed E-state index contributed by atoms with van der Waals surface area (Å²) in [6.07, 6.45) is 0. The molecular weight excluding hydrogens is 270 g/mol. The Balaban J connectivity index is 1.91. The second-order valence-corrected chi connectivity index (χ2v) is 4.75. The minimum absolute atomic E-state index is 0.0512. The van der Waals surface area contributed by atoms with Gasteiger partial charge in [0.2, 0.25) is 0 Å². The SMILES string of the molecule is O=[N+]([O-])c1ccc(Cl)cc1OCCN1CCNCC1. The summed E-state index contributed by atoms with van der Waals surface area (Å²) in [5.74, 6) is 0.229. The first-order chi connectivity index (χ1) is 9.16. The zero-order chi connectivity index (χ0) is 13.7. The lowest BCUT2D eigenvalue weighted by molar-refractivity contribution is -0.385. The van der Waals surface area contributed by atoms with Gasteiger partial charge >= 0.3 is 5.69 Å². The number of nitro benzene ring substituents is 1. The van der Waals surface area contributed by atoms with E-state index in [1.54, 1.807) is 0 Å². The molecule has 1 aromatic rings. The van der Waals surface area contributed by atoms with E-state index in [2.05, 4.69) is 10.2 Å². The number of nitro groups is 1. The van der Waals surface area contributed by atoms with E-state index < -0.39 is 4.92 Å². The summed E-state index contributed by atoms with van der Waals surface area (Å²) in [5.41, 5.74) is -0.0512. The Labute approximate surface area is 116 Å². The van der Waals surface area contributed by atoms with Gasteiger partial charge in [0.1, 0.15) is 6.61 Å². The largest absolute Gasteiger partial charge is 0.485 e. The van der Waals surface area contributed by atoms with Crippen molar-refractivity contribution in [2.75, 3.05) is 39.3 Å². The maximum Gasteiger partial charge on any atom is 0.311 e. The smallest absolute Gasteiger partial charge is 0.311 e. The molecule has 2 rings (SSSR count). The molecule has 1 fully saturated rings. The number of nitrogens with one attached hydrogen (secondary N) is 1. The fourth-order valence-electron chi connectivity index (χ4n) is 1.97. The molecule has 1 N–H and O–H groups in total. The maximum absolute atomic E-state index is 10.9. The number of hydrogen-bond acceptors (Lipinski definition) is 5. The van der Waals surface area contributed by atoms with Gasteiger partial charge in [-0.3, -0.25) is 15.0 Å². The first-order valence-electron chi connectivity index (χ1n) is 6.16. The summed E-state index contributed by atoms with van der Waals surface area (Å²) in [5, 5.41) is 14.6. The molecule has 1 aromatic carbocycles. The van der Waals surface area contributed by atoms with Gasteiger partial charge in [-0.25, -0.2) is 0 Å². The third-order valence-corrected chi connectivity index (χ3v) is 3.23. The summed E-state index contributed by atoms with van der Waals surface area (Å²) in [4.78, 5) is 12.7. The minimum Gasteiger partial charge on any atom is -0.485 e. The van der Waals surface area contributed by atoms with E-state index in [4.69, 9.17) is 16.3 Å². The van der Waals surface area contributed by atoms with Crippen LogP contribution in [0, 0.1) is 10.1 Å². The van der Waals surface area contributed by atoms with Crippen molar-refractivity contribution in [1.82, 2.24) is 10.2 Å². The van der Waals surface area contributed by atoms with Crippen LogP contribution < -0.4 is 10.1 Å². The van der Waals surface area contributed by atoms with Crippen molar-refractivity contribution in [1.29, 1.82) is 0 Å². The number of halogens is 1. The predicted molar refractivity (Wildman–Crippen MR) is 72.9 cm³/mol. The fourth-order valence-corrected chi connectivity index (χ4v) is 2.14. The lowest BCUT2D eigenvalue weighted by Gasteiger charge is -2.26. The zero-order valence-corrected chi connectivity index (χ0v) is 11.2. The van der Waals surface area contributed by atoms with Gasteiger partial charge in [0.05, 0.1) is 4.92 Å². The third-order valence-electron chi connectivity index (χ3n) is 2.99. The highest BCUT2D eigenvalue weighted by atomic mass is 35.5. The molecule has 0 saturated carbocycles. The number of ether oxygens (including phenoxy) is 1. The molecule has 1 saturated heterocycles. The normalized spacial score (nSPS) is 16.3. The highest BCUT2D eigenvalue weighted by Crippen LogP contribution is 2.29. The van der Waals surface area contributed by atoms with Gasteiger partial charge in [-0.1, -0.05) is 11.6 Å². The molecule has 0 bridgehead atoms. The predicted octanol–water partition coefficient (Wildman–Crippen LogP) is 1.53. The van der Waals surface area contributed by atoms with Crippen molar-refractivity contribution in [3.8, 4) is 5.75 Å². The van der Waals surface area contributed by atoms with Gasteiger partial charge in [-0.2, -0.15) is 0 Å². The van der Waals surface area contributed by atoms with Crippen molar-refractivity contribution in [3.63, 3.8) is 0 Å². The molecule has 0 amide bonds. The Morgan fingerprint density at radius 1 is 1.42 bits per heavy atom. The molecule has 104 valence electrons. The van der Waals surface area contributed by atoms with Gasteiger partial charge in [-0.15, -0.1) is 0 Å². The Morgan fingerprint density at radius 3 is 2.84 bits per heavy atom. The van der Waals surface area contributed by atoms with Gasteiger partial charge < -0.3 is 10.1 Å². The molecule has 0 unspecified atom stereocenters. The van der Waals surface area contributed by atoms with Crippen LogP contribution in [-0.2, 0) is 0 Å². The molecule has 1 aliphatic heterocycles. The maximum atomic E-state index is 10.9. The second-order valence-electron chi connectivity index (χ2n) is 4.31. The monoisotopic (exact) mass is 285 g/mol. The Morgan fingerprint density at radius 2 is 2.16 bits per heavy atom. The fraction of sp³-hybridized carbons (Fsp3) is 0.500. The highest BCUT2D eigenvalue weighted by molar-refractivity contribution is 6.30. The standard InChI is InChI=1S/C12H16ClN3O3/c13-10-1-2-11(16(17)18)12(9-10)19-8-7-15-5-3-14-4-6-15/h1-2,9,14H,3-8H2. The van der Waals surface area contributed by atoms with Crippen LogP contribution in [0.4, 0.5) is 5.69 Å². The summed E-state index contributed by atoms with van der Waals surface area (Å²) in [6, 6.07) is 4.34. The number of hydrogen-bond donors (Lipinski definition) is 1. The van der Waals surface area contributed by atoms with Crippen LogP contribution in [0.3, 0.4) is 0 Å². The zero-order valence-electron chi connectivity index (χ0n) is 10.5. The van der Waals surface area contributed by atoms with E-state index in [0.29, 0.717) is 11.6 Å². The summed E-state index contributed by atoms with van der Waals surface area (Å²) >= 11 is 5.83. The average Bonchev–Trinajstić information content (AvgIpc) is 2.39. The van der Waals surface area contributed by atoms with E-state index in [1.165, 1.54) is 18.2 Å². The summed E-state index contributed by atoms with van der Waals surface area (Å²) in [7, 11) is 0. The van der Waals surface area contributed by atoms with E-state index in [0.717, 1.165) is 32.7 Å². The van der Waals surface area contributed by atoms with Gasteiger partial charge in [0.15, 0.2) is 5.75 Å². The van der Waals surface area contributed by atoms with Crippen LogP contribution >= 0.6 is 11.6 Å². The Hall–Kier alpha value is -1.37. The van der Waals surface area contributed by atoms with Crippen molar-refractivity contribution in [2.45, 2.75) is 0 Å². The molecule has 6 nitrogen and oxygen atoms in total. The number of piperazine rings is 1. The summed E-state index contributed by atoms with van der Waals surface area (Å²) < 4.78 is 5.49. The minimum atomic E-state index is -0.462. The van der Waals surface area contributed by atoms with Crippen LogP contribution in [0.15, 0.2) is 18.2 Å². The average molecular weight is 286 g/mol. The molecule has 7 heteroatoms. The van der Waals surface area contributed by atoms with Crippen molar-refractivity contribution in [2.24, 2.45) is 0 Å². The number of rotatable bonds is 5. The molecular formula is C12H16ClN3O3. The Kier molecular flexibility index (Phi) is 4.95. The topological polar surface area (TPSA) is 67.6 Å². The molecule has 0 radical (unpaired) electrons. The van der Waals surface area contributed by atoms with Crippen LogP contribution in [0.25, 0.3) is 0 Å². The van der Waals surface area contributed by atoms with E-state index in [1.807, 2.05) is 0 Å². The van der Waals surface area contributed by atoms with Crippen LogP contribution in [0.5, 0.6) is 5.75 Å². The van der Waals surface area contributed by atoms with Crippen LogP contribution in [-0.4, -0.2) is 49.2 Å². The van der Waals surface area contributed by atoms with Crippen LogP contribution in [0.2, 0.25) is 5.02 Å². The first kappa shape index (κ1) is 14.0. The molecule has 0 atom stereocenters. The molecule has 0 aliphatic carbocycles. The molecule has 1 aliphatic rings. The second kappa shape index (κ2) is 6.70. The van der Waals surface area contributed by atoms with Crippen molar-refractivity contribution < 1.29 is 9.66 Å². The molecule has 0 aromatic heterocycles. The van der Waals surface area contributed by atoms with Crippen LogP contribution in [0.1, 0.15) is 0 Å². The number of nitrogens with zero attached hydrogens (tertiary/aromatic N) is 2. The van der Waals surface area contributed by atoms with E-state index >= 15 is 0 Å².